The van der Waals surface area contributed by atoms with Crippen molar-refractivity contribution in [3.05, 3.63) is 35.9 Å². The second-order valence-electron chi connectivity index (χ2n) is 3.61. The molecule has 0 aliphatic carbocycles. The van der Waals surface area contributed by atoms with Gasteiger partial charge in [0.1, 0.15) is 0 Å². The van der Waals surface area contributed by atoms with Crippen LogP contribution in [0.3, 0.4) is 0 Å². The smallest absolute Gasteiger partial charge is 0.316 e. The van der Waals surface area contributed by atoms with E-state index in [1.54, 1.807) is 0 Å². The molecule has 2 nitrogen and oxygen atoms in total. The van der Waals surface area contributed by atoms with Crippen molar-refractivity contribution in [3.8, 4) is 0 Å². The van der Waals surface area contributed by atoms with Gasteiger partial charge in [-0.3, -0.25) is 4.79 Å². The summed E-state index contributed by atoms with van der Waals surface area (Å²) in [5.74, 6) is -0.558. The standard InChI is InChI=1S/C12H16O2S/c1-2-9(8-11(15)12(13)14)10-6-4-3-5-7-10/h3-7,9,11,15H,2,8H2,1H3,(H,13,14). The van der Waals surface area contributed by atoms with Gasteiger partial charge in [0.2, 0.25) is 0 Å². The predicted molar refractivity (Wildman–Crippen MR) is 64.5 cm³/mol. The molecule has 2 unspecified atom stereocenters. The molecule has 82 valence electrons. The summed E-state index contributed by atoms with van der Waals surface area (Å²) in [6, 6.07) is 10.00. The Bertz CT molecular complexity index is 311. The van der Waals surface area contributed by atoms with Crippen molar-refractivity contribution in [1.82, 2.24) is 0 Å². The van der Waals surface area contributed by atoms with Gasteiger partial charge in [-0.2, -0.15) is 12.6 Å². The van der Waals surface area contributed by atoms with E-state index in [1.165, 1.54) is 5.56 Å². The van der Waals surface area contributed by atoms with Crippen molar-refractivity contribution in [1.29, 1.82) is 0 Å². The molecule has 0 fully saturated rings. The van der Waals surface area contributed by atoms with E-state index >= 15 is 0 Å². The molecule has 0 bridgehead atoms. The third-order valence-electron chi connectivity index (χ3n) is 2.56. The first-order valence-corrected chi connectivity index (χ1v) is 5.62. The number of thiol groups is 1. The van der Waals surface area contributed by atoms with Crippen molar-refractivity contribution in [2.24, 2.45) is 0 Å². The van der Waals surface area contributed by atoms with Crippen LogP contribution in [0.1, 0.15) is 31.2 Å². The lowest BCUT2D eigenvalue weighted by atomic mass is 9.92. The Labute approximate surface area is 95.7 Å². The van der Waals surface area contributed by atoms with Crippen LogP contribution in [-0.2, 0) is 4.79 Å². The van der Waals surface area contributed by atoms with Crippen molar-refractivity contribution in [2.45, 2.75) is 30.9 Å². The number of carbonyl (C=O) groups is 1. The summed E-state index contributed by atoms with van der Waals surface area (Å²) in [4.78, 5) is 10.7. The predicted octanol–water partition coefficient (Wildman–Crippen LogP) is 2.95. The lowest BCUT2D eigenvalue weighted by Crippen LogP contribution is -2.16. The van der Waals surface area contributed by atoms with Gasteiger partial charge < -0.3 is 5.11 Å². The van der Waals surface area contributed by atoms with Crippen LogP contribution in [0.25, 0.3) is 0 Å². The SMILES string of the molecule is CCC(CC(S)C(=O)O)c1ccccc1. The van der Waals surface area contributed by atoms with Crippen LogP contribution >= 0.6 is 12.6 Å². The number of benzene rings is 1. The summed E-state index contributed by atoms with van der Waals surface area (Å²) in [5.41, 5.74) is 1.19. The van der Waals surface area contributed by atoms with Crippen LogP contribution in [0.4, 0.5) is 0 Å². The molecule has 15 heavy (non-hydrogen) atoms. The first kappa shape index (κ1) is 12.1. The molecule has 1 aromatic carbocycles. The number of carboxylic acids is 1. The van der Waals surface area contributed by atoms with E-state index in [4.69, 9.17) is 5.11 Å². The van der Waals surface area contributed by atoms with Gasteiger partial charge in [-0.05, 0) is 24.3 Å². The van der Waals surface area contributed by atoms with E-state index in [2.05, 4.69) is 19.6 Å². The van der Waals surface area contributed by atoms with Crippen molar-refractivity contribution >= 4 is 18.6 Å². The fraction of sp³-hybridized carbons (Fsp3) is 0.417. The van der Waals surface area contributed by atoms with E-state index in [-0.39, 0.29) is 5.92 Å². The van der Waals surface area contributed by atoms with Gasteiger partial charge >= 0.3 is 5.97 Å². The Morgan fingerprint density at radius 2 is 2.00 bits per heavy atom. The number of carboxylic acid groups (broad SMARTS) is 1. The van der Waals surface area contributed by atoms with Gasteiger partial charge in [0.05, 0.1) is 5.25 Å². The molecule has 1 aromatic rings. The van der Waals surface area contributed by atoms with E-state index in [0.717, 1.165) is 6.42 Å². The summed E-state index contributed by atoms with van der Waals surface area (Å²) in [6.45, 7) is 2.07. The average Bonchev–Trinajstić information content (AvgIpc) is 2.26. The molecular weight excluding hydrogens is 208 g/mol. The Balaban J connectivity index is 2.69. The zero-order valence-electron chi connectivity index (χ0n) is 8.76. The Kier molecular flexibility index (Phi) is 4.69. The summed E-state index contributed by atoms with van der Waals surface area (Å²) >= 11 is 4.07. The molecule has 0 saturated carbocycles. The maximum Gasteiger partial charge on any atom is 0.316 e. The van der Waals surface area contributed by atoms with Crippen LogP contribution < -0.4 is 0 Å². The first-order valence-electron chi connectivity index (χ1n) is 5.11. The highest BCUT2D eigenvalue weighted by Gasteiger charge is 2.18. The number of rotatable bonds is 5. The average molecular weight is 224 g/mol. The van der Waals surface area contributed by atoms with Crippen LogP contribution in [0.15, 0.2) is 30.3 Å². The second-order valence-corrected chi connectivity index (χ2v) is 4.23. The normalized spacial score (nSPS) is 14.5. The molecular formula is C12H16O2S. The Morgan fingerprint density at radius 1 is 1.40 bits per heavy atom. The van der Waals surface area contributed by atoms with E-state index < -0.39 is 11.2 Å². The van der Waals surface area contributed by atoms with E-state index in [0.29, 0.717) is 6.42 Å². The van der Waals surface area contributed by atoms with Gasteiger partial charge in [0.25, 0.3) is 0 Å². The molecule has 0 spiro atoms. The quantitative estimate of drug-likeness (QED) is 0.754. The molecule has 0 saturated heterocycles. The van der Waals surface area contributed by atoms with Crippen LogP contribution in [0.5, 0.6) is 0 Å². The molecule has 1 N–H and O–H groups in total. The second kappa shape index (κ2) is 5.81. The van der Waals surface area contributed by atoms with Crippen LogP contribution in [0.2, 0.25) is 0 Å². The third kappa shape index (κ3) is 3.59. The summed E-state index contributed by atoms with van der Waals surface area (Å²) < 4.78 is 0. The van der Waals surface area contributed by atoms with Gasteiger partial charge in [-0.15, -0.1) is 0 Å². The third-order valence-corrected chi connectivity index (χ3v) is 2.99. The minimum absolute atomic E-state index is 0.282. The first-order chi connectivity index (χ1) is 7.15. The molecule has 0 radical (unpaired) electrons. The Hall–Kier alpha value is -0.960. The fourth-order valence-corrected chi connectivity index (χ4v) is 1.89. The highest BCUT2D eigenvalue weighted by atomic mass is 32.1. The monoisotopic (exact) mass is 224 g/mol. The van der Waals surface area contributed by atoms with E-state index in [1.807, 2.05) is 30.3 Å². The number of hydrogen-bond donors (Lipinski definition) is 2. The zero-order chi connectivity index (χ0) is 11.3. The maximum atomic E-state index is 10.7. The number of aliphatic carboxylic acids is 1. The fourth-order valence-electron chi connectivity index (χ4n) is 1.63. The molecule has 0 aliphatic rings. The highest BCUT2D eigenvalue weighted by Crippen LogP contribution is 2.26. The van der Waals surface area contributed by atoms with E-state index in [9.17, 15) is 4.79 Å². The summed E-state index contributed by atoms with van der Waals surface area (Å²) in [7, 11) is 0. The lowest BCUT2D eigenvalue weighted by Gasteiger charge is -2.17. The number of hydrogen-bond acceptors (Lipinski definition) is 2. The minimum Gasteiger partial charge on any atom is -0.480 e. The van der Waals surface area contributed by atoms with Crippen LogP contribution in [0, 0.1) is 0 Å². The molecule has 0 amide bonds. The molecule has 0 aliphatic heterocycles. The Morgan fingerprint density at radius 3 is 2.47 bits per heavy atom. The molecule has 1 rings (SSSR count). The zero-order valence-corrected chi connectivity index (χ0v) is 9.65. The topological polar surface area (TPSA) is 37.3 Å². The highest BCUT2D eigenvalue weighted by molar-refractivity contribution is 7.81. The van der Waals surface area contributed by atoms with Gasteiger partial charge in [-0.25, -0.2) is 0 Å². The molecule has 0 heterocycles. The maximum absolute atomic E-state index is 10.7. The van der Waals surface area contributed by atoms with Gasteiger partial charge in [-0.1, -0.05) is 37.3 Å². The molecule has 2 atom stereocenters. The summed E-state index contributed by atoms with van der Waals surface area (Å²) in [6.07, 6.45) is 1.52. The van der Waals surface area contributed by atoms with Gasteiger partial charge in [0.15, 0.2) is 0 Å². The van der Waals surface area contributed by atoms with Crippen LogP contribution in [-0.4, -0.2) is 16.3 Å². The van der Waals surface area contributed by atoms with Crippen molar-refractivity contribution < 1.29 is 9.90 Å². The van der Waals surface area contributed by atoms with Crippen molar-refractivity contribution in [2.75, 3.05) is 0 Å². The largest absolute Gasteiger partial charge is 0.480 e. The lowest BCUT2D eigenvalue weighted by molar-refractivity contribution is -0.136. The minimum atomic E-state index is -0.840. The molecule has 0 aromatic heterocycles. The summed E-state index contributed by atoms with van der Waals surface area (Å²) in [5, 5.41) is 8.22. The van der Waals surface area contributed by atoms with Crippen molar-refractivity contribution in [3.63, 3.8) is 0 Å². The van der Waals surface area contributed by atoms with Gasteiger partial charge in [0, 0.05) is 0 Å². The molecule has 3 heteroatoms.